The fraction of sp³-hybridized carbons (Fsp3) is 0.231. The second kappa shape index (κ2) is 4.84. The van der Waals surface area contributed by atoms with Crippen molar-refractivity contribution >= 4 is 15.9 Å². The fourth-order valence-electron chi connectivity index (χ4n) is 1.80. The monoisotopic (exact) mass is 292 g/mol. The molecule has 0 saturated carbocycles. The average molecular weight is 293 g/mol. The number of hydrogen-bond donors (Lipinski definition) is 0. The molecule has 0 aliphatic carbocycles. The summed E-state index contributed by atoms with van der Waals surface area (Å²) in [5, 5.41) is 0. The maximum absolute atomic E-state index is 5.30. The second-order valence-corrected chi connectivity index (χ2v) is 4.62. The maximum atomic E-state index is 5.30. The van der Waals surface area contributed by atoms with E-state index >= 15 is 0 Å². The molecule has 0 saturated heterocycles. The predicted octanol–water partition coefficient (Wildman–Crippen LogP) is 3.53. The van der Waals surface area contributed by atoms with Crippen molar-refractivity contribution in [1.82, 2.24) is 9.97 Å². The first-order valence-electron chi connectivity index (χ1n) is 5.24. The van der Waals surface area contributed by atoms with Crippen molar-refractivity contribution in [2.24, 2.45) is 0 Å². The highest BCUT2D eigenvalue weighted by molar-refractivity contribution is 9.10. The average Bonchev–Trinajstić information content (AvgIpc) is 2.32. The summed E-state index contributed by atoms with van der Waals surface area (Å²) >= 11 is 3.44. The number of ether oxygens (including phenoxy) is 1. The van der Waals surface area contributed by atoms with E-state index in [4.69, 9.17) is 4.74 Å². The minimum atomic E-state index is 0.806. The smallest absolute Gasteiger partial charge is 0.122 e. The van der Waals surface area contributed by atoms with Crippen LogP contribution in [-0.4, -0.2) is 17.1 Å². The van der Waals surface area contributed by atoms with Gasteiger partial charge in [0, 0.05) is 11.8 Å². The molecule has 88 valence electrons. The van der Waals surface area contributed by atoms with Gasteiger partial charge >= 0.3 is 0 Å². The first kappa shape index (κ1) is 12.0. The van der Waals surface area contributed by atoms with Gasteiger partial charge in [0.2, 0.25) is 0 Å². The van der Waals surface area contributed by atoms with Gasteiger partial charge in [0.1, 0.15) is 16.7 Å². The molecular weight excluding hydrogens is 280 g/mol. The van der Waals surface area contributed by atoms with Crippen LogP contribution in [0.15, 0.2) is 29.3 Å². The van der Waals surface area contributed by atoms with Crippen LogP contribution in [0.25, 0.3) is 11.1 Å². The van der Waals surface area contributed by atoms with Crippen molar-refractivity contribution in [3.05, 3.63) is 40.4 Å². The fourth-order valence-corrected chi connectivity index (χ4v) is 2.20. The van der Waals surface area contributed by atoms with E-state index in [1.807, 2.05) is 19.2 Å². The third-order valence-electron chi connectivity index (χ3n) is 2.70. The van der Waals surface area contributed by atoms with Crippen molar-refractivity contribution in [2.45, 2.75) is 13.8 Å². The van der Waals surface area contributed by atoms with Crippen LogP contribution in [0, 0.1) is 13.8 Å². The molecule has 0 N–H and O–H groups in total. The van der Waals surface area contributed by atoms with Crippen molar-refractivity contribution in [1.29, 1.82) is 0 Å². The Labute approximate surface area is 109 Å². The van der Waals surface area contributed by atoms with Crippen LogP contribution in [0.5, 0.6) is 5.75 Å². The Kier molecular flexibility index (Phi) is 3.43. The summed E-state index contributed by atoms with van der Waals surface area (Å²) in [7, 11) is 1.68. The van der Waals surface area contributed by atoms with Crippen molar-refractivity contribution in [2.75, 3.05) is 7.11 Å². The van der Waals surface area contributed by atoms with Gasteiger partial charge in [-0.2, -0.15) is 0 Å². The first-order chi connectivity index (χ1) is 8.13. The summed E-state index contributed by atoms with van der Waals surface area (Å²) in [6.07, 6.45) is 3.34. The first-order valence-corrected chi connectivity index (χ1v) is 6.04. The summed E-state index contributed by atoms with van der Waals surface area (Å²) < 4.78 is 6.11. The van der Waals surface area contributed by atoms with Gasteiger partial charge in [-0.1, -0.05) is 0 Å². The molecule has 0 aliphatic heterocycles. The predicted molar refractivity (Wildman–Crippen MR) is 71.2 cm³/mol. The highest BCUT2D eigenvalue weighted by Gasteiger charge is 2.10. The summed E-state index contributed by atoms with van der Waals surface area (Å²) in [6.45, 7) is 4.08. The number of aromatic nitrogens is 2. The zero-order valence-corrected chi connectivity index (χ0v) is 11.6. The topological polar surface area (TPSA) is 35.0 Å². The van der Waals surface area contributed by atoms with Gasteiger partial charge in [-0.05, 0) is 58.6 Å². The molecule has 0 aliphatic rings. The summed E-state index contributed by atoms with van der Waals surface area (Å²) in [4.78, 5) is 8.21. The van der Waals surface area contributed by atoms with Gasteiger partial charge < -0.3 is 4.74 Å². The number of nitrogens with zero attached hydrogens (tertiary/aromatic N) is 2. The van der Waals surface area contributed by atoms with E-state index in [1.165, 1.54) is 6.33 Å². The quantitative estimate of drug-likeness (QED) is 0.794. The van der Waals surface area contributed by atoms with E-state index in [-0.39, 0.29) is 0 Å². The SMILES string of the molecule is COc1cc(C)c(-c2cncnc2Br)cc1C. The molecular formula is C13H13BrN2O. The molecule has 0 spiro atoms. The number of rotatable bonds is 2. The van der Waals surface area contributed by atoms with Gasteiger partial charge in [-0.25, -0.2) is 9.97 Å². The lowest BCUT2D eigenvalue weighted by Crippen LogP contribution is -1.93. The lowest BCUT2D eigenvalue weighted by Gasteiger charge is -2.11. The zero-order valence-electron chi connectivity index (χ0n) is 9.99. The number of methoxy groups -OCH3 is 1. The minimum Gasteiger partial charge on any atom is -0.496 e. The molecule has 0 unspecified atom stereocenters. The van der Waals surface area contributed by atoms with Crippen LogP contribution < -0.4 is 4.74 Å². The summed E-state index contributed by atoms with van der Waals surface area (Å²) in [6, 6.07) is 4.13. The van der Waals surface area contributed by atoms with Crippen LogP contribution in [0.3, 0.4) is 0 Å². The lowest BCUT2D eigenvalue weighted by molar-refractivity contribution is 0.411. The molecule has 0 atom stereocenters. The maximum Gasteiger partial charge on any atom is 0.122 e. The molecule has 1 heterocycles. The zero-order chi connectivity index (χ0) is 12.4. The molecule has 2 aromatic rings. The van der Waals surface area contributed by atoms with E-state index in [0.717, 1.165) is 32.6 Å². The standard InChI is InChI=1S/C13H13BrN2O/c1-8-5-12(17-3)9(2)4-10(8)11-6-15-7-16-13(11)14/h4-7H,1-3H3. The molecule has 4 heteroatoms. The third kappa shape index (κ3) is 2.31. The second-order valence-electron chi connectivity index (χ2n) is 3.86. The number of hydrogen-bond acceptors (Lipinski definition) is 3. The van der Waals surface area contributed by atoms with Crippen molar-refractivity contribution < 1.29 is 4.74 Å². The summed E-state index contributed by atoms with van der Waals surface area (Å²) in [5.74, 6) is 0.902. The van der Waals surface area contributed by atoms with Gasteiger partial charge in [-0.15, -0.1) is 0 Å². The van der Waals surface area contributed by atoms with E-state index < -0.39 is 0 Å². The molecule has 1 aromatic heterocycles. The van der Waals surface area contributed by atoms with E-state index in [9.17, 15) is 0 Å². The van der Waals surface area contributed by atoms with Gasteiger partial charge in [0.15, 0.2) is 0 Å². The Hall–Kier alpha value is -1.42. The minimum absolute atomic E-state index is 0.806. The van der Waals surface area contributed by atoms with Gasteiger partial charge in [0.05, 0.1) is 7.11 Å². The molecule has 0 radical (unpaired) electrons. The largest absolute Gasteiger partial charge is 0.496 e. The Balaban J connectivity index is 2.61. The number of aryl methyl sites for hydroxylation is 2. The molecule has 1 aromatic carbocycles. The van der Waals surface area contributed by atoms with Gasteiger partial charge in [-0.3, -0.25) is 0 Å². The van der Waals surface area contributed by atoms with E-state index in [1.54, 1.807) is 7.11 Å². The van der Waals surface area contributed by atoms with Crippen LogP contribution >= 0.6 is 15.9 Å². The normalized spacial score (nSPS) is 10.4. The highest BCUT2D eigenvalue weighted by Crippen LogP contribution is 2.32. The van der Waals surface area contributed by atoms with E-state index in [2.05, 4.69) is 38.9 Å². The Bertz CT molecular complexity index is 555. The summed E-state index contributed by atoms with van der Waals surface area (Å²) in [5.41, 5.74) is 4.36. The Morgan fingerprint density at radius 1 is 1.12 bits per heavy atom. The molecule has 0 fully saturated rings. The van der Waals surface area contributed by atoms with E-state index in [0.29, 0.717) is 0 Å². The molecule has 3 nitrogen and oxygen atoms in total. The van der Waals surface area contributed by atoms with Gasteiger partial charge in [0.25, 0.3) is 0 Å². The highest BCUT2D eigenvalue weighted by atomic mass is 79.9. The molecule has 2 rings (SSSR count). The molecule has 0 bridgehead atoms. The number of benzene rings is 1. The number of halogens is 1. The molecule has 0 amide bonds. The van der Waals surface area contributed by atoms with Crippen molar-refractivity contribution in [3.63, 3.8) is 0 Å². The third-order valence-corrected chi connectivity index (χ3v) is 3.33. The lowest BCUT2D eigenvalue weighted by atomic mass is 10.00. The Morgan fingerprint density at radius 2 is 1.88 bits per heavy atom. The Morgan fingerprint density at radius 3 is 2.53 bits per heavy atom. The molecule has 17 heavy (non-hydrogen) atoms. The van der Waals surface area contributed by atoms with Crippen LogP contribution in [0.1, 0.15) is 11.1 Å². The van der Waals surface area contributed by atoms with Crippen LogP contribution in [-0.2, 0) is 0 Å². The van der Waals surface area contributed by atoms with Crippen LogP contribution in [0.2, 0.25) is 0 Å². The van der Waals surface area contributed by atoms with Crippen molar-refractivity contribution in [3.8, 4) is 16.9 Å². The van der Waals surface area contributed by atoms with Crippen LogP contribution in [0.4, 0.5) is 0 Å².